The fourth-order valence-electron chi connectivity index (χ4n) is 2.53. The molecule has 0 saturated carbocycles. The van der Waals surface area contributed by atoms with E-state index in [2.05, 4.69) is 41.2 Å². The molecular formula is C14H25N3O. The molecule has 0 aromatic carbocycles. The molecule has 4 nitrogen and oxygen atoms in total. The average molecular weight is 251 g/mol. The fourth-order valence-corrected chi connectivity index (χ4v) is 2.53. The molecule has 1 atom stereocenters. The lowest BCUT2D eigenvalue weighted by Gasteiger charge is -2.12. The third-order valence-electron chi connectivity index (χ3n) is 3.71. The van der Waals surface area contributed by atoms with Crippen LogP contribution in [0, 0.1) is 0 Å². The largest absolute Gasteiger partial charge is 0.373 e. The van der Waals surface area contributed by atoms with Gasteiger partial charge in [-0.3, -0.25) is 4.68 Å². The number of hydrogen-bond donors (Lipinski definition) is 1. The Labute approximate surface area is 110 Å². The van der Waals surface area contributed by atoms with Gasteiger partial charge in [0, 0.05) is 12.2 Å². The smallest absolute Gasteiger partial charge is 0.0907 e. The van der Waals surface area contributed by atoms with Gasteiger partial charge in [-0.05, 0) is 38.3 Å². The minimum Gasteiger partial charge on any atom is -0.373 e. The van der Waals surface area contributed by atoms with Crippen molar-refractivity contribution in [2.45, 2.75) is 58.2 Å². The van der Waals surface area contributed by atoms with E-state index >= 15 is 0 Å². The summed E-state index contributed by atoms with van der Waals surface area (Å²) in [5.74, 6) is 0. The maximum absolute atomic E-state index is 5.73. The molecule has 1 saturated heterocycles. The van der Waals surface area contributed by atoms with Crippen LogP contribution in [0.25, 0.3) is 0 Å². The van der Waals surface area contributed by atoms with E-state index in [1.807, 2.05) is 0 Å². The van der Waals surface area contributed by atoms with E-state index in [-0.39, 0.29) is 0 Å². The third kappa shape index (κ3) is 3.56. The Kier molecular flexibility index (Phi) is 5.20. The summed E-state index contributed by atoms with van der Waals surface area (Å²) in [6, 6.07) is 3.14. The molecule has 2 rings (SSSR count). The van der Waals surface area contributed by atoms with E-state index < -0.39 is 0 Å². The van der Waals surface area contributed by atoms with Gasteiger partial charge in [-0.15, -0.1) is 0 Å². The van der Waals surface area contributed by atoms with E-state index in [0.29, 0.717) is 18.7 Å². The SMILES string of the molecule is CCC(CC)n1ccc(COCC2CCCN2)n1. The maximum atomic E-state index is 5.73. The summed E-state index contributed by atoms with van der Waals surface area (Å²) in [6.07, 6.45) is 6.85. The van der Waals surface area contributed by atoms with Crippen molar-refractivity contribution in [1.29, 1.82) is 0 Å². The predicted octanol–water partition coefficient (Wildman–Crippen LogP) is 2.51. The van der Waals surface area contributed by atoms with Crippen molar-refractivity contribution in [1.82, 2.24) is 15.1 Å². The topological polar surface area (TPSA) is 39.1 Å². The van der Waals surface area contributed by atoms with Crippen molar-refractivity contribution in [3.05, 3.63) is 18.0 Å². The van der Waals surface area contributed by atoms with Crippen LogP contribution in [0.4, 0.5) is 0 Å². The molecule has 4 heteroatoms. The highest BCUT2D eigenvalue weighted by Gasteiger charge is 2.14. The van der Waals surface area contributed by atoms with Crippen molar-refractivity contribution in [2.75, 3.05) is 13.2 Å². The summed E-state index contributed by atoms with van der Waals surface area (Å²) in [4.78, 5) is 0. The van der Waals surface area contributed by atoms with Crippen LogP contribution in [0.5, 0.6) is 0 Å². The van der Waals surface area contributed by atoms with Crippen molar-refractivity contribution in [3.63, 3.8) is 0 Å². The van der Waals surface area contributed by atoms with Crippen LogP contribution in [-0.4, -0.2) is 29.0 Å². The van der Waals surface area contributed by atoms with E-state index in [0.717, 1.165) is 31.7 Å². The Balaban J connectivity index is 1.75. The summed E-state index contributed by atoms with van der Waals surface area (Å²) in [6.45, 7) is 6.98. The Bertz CT molecular complexity index is 341. The Morgan fingerprint density at radius 2 is 2.33 bits per heavy atom. The molecule has 0 bridgehead atoms. The van der Waals surface area contributed by atoms with Crippen LogP contribution in [-0.2, 0) is 11.3 Å². The second-order valence-corrected chi connectivity index (χ2v) is 5.07. The zero-order valence-corrected chi connectivity index (χ0v) is 11.6. The zero-order valence-electron chi connectivity index (χ0n) is 11.6. The van der Waals surface area contributed by atoms with Crippen molar-refractivity contribution >= 4 is 0 Å². The van der Waals surface area contributed by atoms with Crippen molar-refractivity contribution in [2.24, 2.45) is 0 Å². The predicted molar refractivity (Wildman–Crippen MR) is 72.5 cm³/mol. The minimum absolute atomic E-state index is 0.523. The van der Waals surface area contributed by atoms with Crippen LogP contribution < -0.4 is 5.32 Å². The summed E-state index contributed by atoms with van der Waals surface area (Å²) in [5.41, 5.74) is 1.04. The molecule has 18 heavy (non-hydrogen) atoms. The van der Waals surface area contributed by atoms with Crippen LogP contribution in [0.3, 0.4) is 0 Å². The van der Waals surface area contributed by atoms with Gasteiger partial charge in [0.05, 0.1) is 24.9 Å². The molecule has 1 N–H and O–H groups in total. The number of nitrogens with zero attached hydrogens (tertiary/aromatic N) is 2. The molecule has 0 spiro atoms. The van der Waals surface area contributed by atoms with Crippen LogP contribution in [0.2, 0.25) is 0 Å². The van der Waals surface area contributed by atoms with Crippen molar-refractivity contribution < 1.29 is 4.74 Å². The number of ether oxygens (including phenoxy) is 1. The van der Waals surface area contributed by atoms with Crippen LogP contribution >= 0.6 is 0 Å². The summed E-state index contributed by atoms with van der Waals surface area (Å²) in [5, 5.41) is 8.02. The fraction of sp³-hybridized carbons (Fsp3) is 0.786. The molecule has 0 aliphatic carbocycles. The van der Waals surface area contributed by atoms with Crippen LogP contribution in [0.1, 0.15) is 51.3 Å². The lowest BCUT2D eigenvalue weighted by Crippen LogP contribution is -2.26. The van der Waals surface area contributed by atoms with Gasteiger partial charge in [-0.25, -0.2) is 0 Å². The van der Waals surface area contributed by atoms with Gasteiger partial charge in [-0.1, -0.05) is 13.8 Å². The number of nitrogens with one attached hydrogen (secondary N) is 1. The first-order chi connectivity index (χ1) is 8.83. The number of hydrogen-bond acceptors (Lipinski definition) is 3. The van der Waals surface area contributed by atoms with E-state index in [9.17, 15) is 0 Å². The maximum Gasteiger partial charge on any atom is 0.0907 e. The zero-order chi connectivity index (χ0) is 12.8. The van der Waals surface area contributed by atoms with Gasteiger partial charge < -0.3 is 10.1 Å². The molecule has 102 valence electrons. The van der Waals surface area contributed by atoms with Crippen molar-refractivity contribution in [3.8, 4) is 0 Å². The lowest BCUT2D eigenvalue weighted by atomic mass is 10.2. The van der Waals surface area contributed by atoms with E-state index in [4.69, 9.17) is 4.74 Å². The molecule has 0 amide bonds. The summed E-state index contributed by atoms with van der Waals surface area (Å²) >= 11 is 0. The molecule has 1 unspecified atom stereocenters. The molecule has 1 aromatic rings. The first kappa shape index (κ1) is 13.6. The second-order valence-electron chi connectivity index (χ2n) is 5.07. The molecule has 1 aromatic heterocycles. The summed E-state index contributed by atoms with van der Waals surface area (Å²) < 4.78 is 7.80. The van der Waals surface area contributed by atoms with Gasteiger partial charge >= 0.3 is 0 Å². The van der Waals surface area contributed by atoms with Gasteiger partial charge in [0.2, 0.25) is 0 Å². The number of aromatic nitrogens is 2. The third-order valence-corrected chi connectivity index (χ3v) is 3.71. The molecular weight excluding hydrogens is 226 g/mol. The molecule has 1 aliphatic rings. The van der Waals surface area contributed by atoms with Gasteiger partial charge in [0.15, 0.2) is 0 Å². The van der Waals surface area contributed by atoms with E-state index in [1.165, 1.54) is 12.8 Å². The Morgan fingerprint density at radius 1 is 1.50 bits per heavy atom. The highest BCUT2D eigenvalue weighted by Crippen LogP contribution is 2.15. The normalized spacial score (nSPS) is 19.8. The average Bonchev–Trinajstić information content (AvgIpc) is 3.03. The van der Waals surface area contributed by atoms with Gasteiger partial charge in [0.1, 0.15) is 0 Å². The Morgan fingerprint density at radius 3 is 3.00 bits per heavy atom. The van der Waals surface area contributed by atoms with Crippen LogP contribution in [0.15, 0.2) is 12.3 Å². The van der Waals surface area contributed by atoms with E-state index in [1.54, 1.807) is 0 Å². The molecule has 0 radical (unpaired) electrons. The molecule has 1 fully saturated rings. The monoisotopic (exact) mass is 251 g/mol. The first-order valence-electron chi connectivity index (χ1n) is 7.18. The van der Waals surface area contributed by atoms with Gasteiger partial charge in [-0.2, -0.15) is 5.10 Å². The molecule has 1 aliphatic heterocycles. The highest BCUT2D eigenvalue weighted by atomic mass is 16.5. The lowest BCUT2D eigenvalue weighted by molar-refractivity contribution is 0.100. The minimum atomic E-state index is 0.523. The standard InChI is InChI=1S/C14H25N3O/c1-3-14(4-2)17-9-7-13(16-17)11-18-10-12-6-5-8-15-12/h7,9,12,14-15H,3-6,8,10-11H2,1-2H3. The first-order valence-corrected chi connectivity index (χ1v) is 7.18. The summed E-state index contributed by atoms with van der Waals surface area (Å²) in [7, 11) is 0. The second kappa shape index (κ2) is 6.90. The number of rotatable bonds is 7. The Hall–Kier alpha value is -0.870. The van der Waals surface area contributed by atoms with Gasteiger partial charge in [0.25, 0.3) is 0 Å². The highest BCUT2D eigenvalue weighted by molar-refractivity contribution is 4.98. The quantitative estimate of drug-likeness (QED) is 0.809. The molecule has 2 heterocycles.